The van der Waals surface area contributed by atoms with Gasteiger partial charge in [0.25, 0.3) is 11.8 Å². The lowest BCUT2D eigenvalue weighted by atomic mass is 10.3. The van der Waals surface area contributed by atoms with Crippen molar-refractivity contribution < 1.29 is 9.21 Å². The van der Waals surface area contributed by atoms with Gasteiger partial charge >= 0.3 is 6.01 Å². The van der Waals surface area contributed by atoms with Crippen molar-refractivity contribution in [3.63, 3.8) is 0 Å². The van der Waals surface area contributed by atoms with Gasteiger partial charge in [-0.15, -0.1) is 16.4 Å². The van der Waals surface area contributed by atoms with Crippen LogP contribution in [0.4, 0.5) is 6.01 Å². The molecule has 0 bridgehead atoms. The average molecular weight is 372 g/mol. The van der Waals surface area contributed by atoms with E-state index in [2.05, 4.69) is 20.6 Å². The highest BCUT2D eigenvalue weighted by atomic mass is 35.5. The van der Waals surface area contributed by atoms with Crippen molar-refractivity contribution in [1.29, 1.82) is 0 Å². The molecule has 3 rings (SSSR count). The maximum absolute atomic E-state index is 12.1. The van der Waals surface area contributed by atoms with Gasteiger partial charge in [-0.1, -0.05) is 28.3 Å². The molecule has 0 spiro atoms. The standard InChI is InChI=1S/C13H11Cl2N5O2S/c1-6(2)20-8(3-4-16-20)12-18-19-13(22-12)17-11(21)7-5-9(14)23-10(7)15/h3-6H,1-2H3,(H,17,19,21). The normalized spacial score (nSPS) is 11.2. The molecular weight excluding hydrogens is 361 g/mol. The second-order valence-corrected chi connectivity index (χ2v) is 7.14. The van der Waals surface area contributed by atoms with Crippen molar-refractivity contribution >= 4 is 46.5 Å². The number of nitrogens with zero attached hydrogens (tertiary/aromatic N) is 4. The summed E-state index contributed by atoms with van der Waals surface area (Å²) in [7, 11) is 0. The van der Waals surface area contributed by atoms with Gasteiger partial charge in [-0.2, -0.15) is 5.10 Å². The fraction of sp³-hybridized carbons (Fsp3) is 0.231. The highest BCUT2D eigenvalue weighted by Gasteiger charge is 2.19. The number of amides is 1. The highest BCUT2D eigenvalue weighted by Crippen LogP contribution is 2.31. The molecule has 3 heterocycles. The topological polar surface area (TPSA) is 85.8 Å². The minimum absolute atomic E-state index is 0.0279. The molecule has 0 unspecified atom stereocenters. The molecule has 120 valence electrons. The fourth-order valence-electron chi connectivity index (χ4n) is 1.93. The highest BCUT2D eigenvalue weighted by molar-refractivity contribution is 7.20. The van der Waals surface area contributed by atoms with Crippen molar-refractivity contribution in [2.45, 2.75) is 19.9 Å². The Labute approximate surface area is 145 Å². The van der Waals surface area contributed by atoms with E-state index in [0.717, 1.165) is 11.3 Å². The minimum atomic E-state index is -0.467. The average Bonchev–Trinajstić information content (AvgIpc) is 3.17. The second-order valence-electron chi connectivity index (χ2n) is 4.86. The van der Waals surface area contributed by atoms with E-state index in [-0.39, 0.29) is 23.5 Å². The molecule has 7 nitrogen and oxygen atoms in total. The van der Waals surface area contributed by atoms with E-state index in [0.29, 0.717) is 14.4 Å². The molecule has 3 aromatic heterocycles. The molecule has 0 saturated heterocycles. The molecule has 23 heavy (non-hydrogen) atoms. The predicted molar refractivity (Wildman–Crippen MR) is 88.2 cm³/mol. The summed E-state index contributed by atoms with van der Waals surface area (Å²) in [6, 6.07) is 3.35. The molecule has 0 atom stereocenters. The van der Waals surface area contributed by atoms with E-state index in [1.807, 2.05) is 13.8 Å². The Morgan fingerprint density at radius 1 is 1.39 bits per heavy atom. The third-order valence-corrected chi connectivity index (χ3v) is 4.41. The number of aromatic nitrogens is 4. The summed E-state index contributed by atoms with van der Waals surface area (Å²) in [5.74, 6) is -0.202. The molecule has 0 fully saturated rings. The summed E-state index contributed by atoms with van der Waals surface area (Å²) in [6.45, 7) is 3.97. The van der Waals surface area contributed by atoms with Gasteiger partial charge in [0.05, 0.1) is 9.90 Å². The van der Waals surface area contributed by atoms with E-state index >= 15 is 0 Å². The van der Waals surface area contributed by atoms with Gasteiger partial charge in [0, 0.05) is 12.2 Å². The van der Waals surface area contributed by atoms with Gasteiger partial charge in [0.15, 0.2) is 0 Å². The zero-order valence-electron chi connectivity index (χ0n) is 12.1. The number of thiophene rings is 1. The summed E-state index contributed by atoms with van der Waals surface area (Å²) >= 11 is 12.9. The first kappa shape index (κ1) is 16.0. The van der Waals surface area contributed by atoms with Crippen LogP contribution in [-0.4, -0.2) is 25.9 Å². The van der Waals surface area contributed by atoms with Crippen LogP contribution in [0.5, 0.6) is 0 Å². The Kier molecular flexibility index (Phi) is 4.38. The summed E-state index contributed by atoms with van der Waals surface area (Å²) < 4.78 is 7.93. The fourth-order valence-corrected chi connectivity index (χ4v) is 3.39. The number of anilines is 1. The van der Waals surface area contributed by atoms with Gasteiger partial charge in [-0.3, -0.25) is 14.8 Å². The quantitative estimate of drug-likeness (QED) is 0.744. The van der Waals surface area contributed by atoms with Crippen molar-refractivity contribution in [1.82, 2.24) is 20.0 Å². The largest absolute Gasteiger partial charge is 0.401 e. The molecular formula is C13H11Cl2N5O2S. The molecule has 0 aromatic carbocycles. The summed E-state index contributed by atoms with van der Waals surface area (Å²) in [5.41, 5.74) is 0.929. The molecule has 3 aromatic rings. The Morgan fingerprint density at radius 2 is 2.17 bits per heavy atom. The zero-order valence-corrected chi connectivity index (χ0v) is 14.4. The Balaban J connectivity index is 1.81. The van der Waals surface area contributed by atoms with E-state index in [1.54, 1.807) is 16.9 Å². The number of halogens is 2. The number of hydrogen-bond donors (Lipinski definition) is 1. The van der Waals surface area contributed by atoms with Crippen LogP contribution in [0.1, 0.15) is 30.2 Å². The summed E-state index contributed by atoms with van der Waals surface area (Å²) in [5, 5.41) is 14.4. The van der Waals surface area contributed by atoms with Crippen LogP contribution in [0, 0.1) is 0 Å². The van der Waals surface area contributed by atoms with Crippen LogP contribution < -0.4 is 5.32 Å². The first-order chi connectivity index (χ1) is 11.0. The number of rotatable bonds is 4. The lowest BCUT2D eigenvalue weighted by Gasteiger charge is -2.07. The molecule has 0 aliphatic heterocycles. The van der Waals surface area contributed by atoms with Crippen molar-refractivity contribution in [2.24, 2.45) is 0 Å². The Morgan fingerprint density at radius 3 is 2.83 bits per heavy atom. The summed E-state index contributed by atoms with van der Waals surface area (Å²) in [4.78, 5) is 12.1. The Hall–Kier alpha value is -1.90. The summed E-state index contributed by atoms with van der Waals surface area (Å²) in [6.07, 6.45) is 1.64. The van der Waals surface area contributed by atoms with E-state index in [4.69, 9.17) is 27.6 Å². The molecule has 1 amide bonds. The molecule has 0 aliphatic carbocycles. The van der Waals surface area contributed by atoms with Crippen LogP contribution in [0.2, 0.25) is 8.67 Å². The SMILES string of the molecule is CC(C)n1nccc1-c1nnc(NC(=O)c2cc(Cl)sc2Cl)o1. The smallest absolute Gasteiger partial charge is 0.322 e. The number of nitrogens with one attached hydrogen (secondary N) is 1. The molecule has 0 saturated carbocycles. The Bertz CT molecular complexity index is 854. The van der Waals surface area contributed by atoms with Crippen molar-refractivity contribution in [3.05, 3.63) is 32.6 Å². The van der Waals surface area contributed by atoms with Crippen LogP contribution in [0.15, 0.2) is 22.7 Å². The maximum Gasteiger partial charge on any atom is 0.322 e. The van der Waals surface area contributed by atoms with Crippen molar-refractivity contribution in [3.8, 4) is 11.6 Å². The number of carbonyl (C=O) groups excluding carboxylic acids is 1. The van der Waals surface area contributed by atoms with Gasteiger partial charge < -0.3 is 4.42 Å². The van der Waals surface area contributed by atoms with Crippen LogP contribution in [-0.2, 0) is 0 Å². The molecule has 0 radical (unpaired) electrons. The third-order valence-electron chi connectivity index (χ3n) is 2.93. The van der Waals surface area contributed by atoms with E-state index < -0.39 is 5.91 Å². The third kappa shape index (κ3) is 3.24. The van der Waals surface area contributed by atoms with E-state index in [1.165, 1.54) is 6.07 Å². The minimum Gasteiger partial charge on any atom is -0.401 e. The van der Waals surface area contributed by atoms with Crippen LogP contribution in [0.25, 0.3) is 11.6 Å². The first-order valence-corrected chi connectivity index (χ1v) is 8.16. The van der Waals surface area contributed by atoms with Crippen LogP contribution in [0.3, 0.4) is 0 Å². The van der Waals surface area contributed by atoms with Crippen molar-refractivity contribution in [2.75, 3.05) is 5.32 Å². The van der Waals surface area contributed by atoms with Gasteiger partial charge in [0.2, 0.25) is 0 Å². The van der Waals surface area contributed by atoms with Gasteiger partial charge in [-0.25, -0.2) is 0 Å². The first-order valence-electron chi connectivity index (χ1n) is 6.59. The lowest BCUT2D eigenvalue weighted by Crippen LogP contribution is -2.11. The molecule has 10 heteroatoms. The molecule has 1 N–H and O–H groups in total. The number of hydrogen-bond acceptors (Lipinski definition) is 6. The monoisotopic (exact) mass is 371 g/mol. The van der Waals surface area contributed by atoms with Crippen LogP contribution >= 0.6 is 34.5 Å². The van der Waals surface area contributed by atoms with Gasteiger partial charge in [-0.05, 0) is 26.0 Å². The maximum atomic E-state index is 12.1. The van der Waals surface area contributed by atoms with Gasteiger partial charge in [0.1, 0.15) is 10.0 Å². The number of carbonyl (C=O) groups is 1. The van der Waals surface area contributed by atoms with E-state index in [9.17, 15) is 4.79 Å². The predicted octanol–water partition coefficient (Wildman–Crippen LogP) is 4.13. The zero-order chi connectivity index (χ0) is 16.6. The molecule has 0 aliphatic rings. The lowest BCUT2D eigenvalue weighted by molar-refractivity contribution is 0.102. The second kappa shape index (κ2) is 6.31.